The first-order valence-corrected chi connectivity index (χ1v) is 5.44. The van der Waals surface area contributed by atoms with Crippen LogP contribution < -0.4 is 5.73 Å². The minimum atomic E-state index is -0.581. The highest BCUT2D eigenvalue weighted by Gasteiger charge is 2.15. The molecule has 0 aliphatic heterocycles. The van der Waals surface area contributed by atoms with E-state index in [1.165, 1.54) is 7.11 Å². The molecule has 0 spiro atoms. The largest absolute Gasteiger partial charge is 0.383 e. The van der Waals surface area contributed by atoms with Crippen molar-refractivity contribution in [1.82, 2.24) is 0 Å². The monoisotopic (exact) mass is 241 g/mol. The zero-order chi connectivity index (χ0) is 12.1. The Morgan fingerprint density at radius 2 is 2.25 bits per heavy atom. The van der Waals surface area contributed by atoms with E-state index in [0.717, 1.165) is 11.1 Å². The predicted molar refractivity (Wildman–Crippen MR) is 64.8 cm³/mol. The van der Waals surface area contributed by atoms with Gasteiger partial charge in [-0.1, -0.05) is 23.7 Å². The number of methoxy groups -OCH3 is 1. The SMILES string of the molecule is COCC(N)C(=O)Cc1ccc(C)cc1Cl. The first-order valence-electron chi connectivity index (χ1n) is 5.07. The van der Waals surface area contributed by atoms with Gasteiger partial charge in [0.25, 0.3) is 0 Å². The van der Waals surface area contributed by atoms with Crippen molar-refractivity contribution in [2.24, 2.45) is 5.73 Å². The van der Waals surface area contributed by atoms with Crippen LogP contribution in [0.3, 0.4) is 0 Å². The number of nitrogens with two attached hydrogens (primary N) is 1. The van der Waals surface area contributed by atoms with Crippen molar-refractivity contribution < 1.29 is 9.53 Å². The van der Waals surface area contributed by atoms with Crippen molar-refractivity contribution in [3.63, 3.8) is 0 Å². The van der Waals surface area contributed by atoms with Crippen LogP contribution in [0.1, 0.15) is 11.1 Å². The Balaban J connectivity index is 2.69. The first kappa shape index (κ1) is 13.2. The Morgan fingerprint density at radius 1 is 1.56 bits per heavy atom. The second kappa shape index (κ2) is 5.99. The highest BCUT2D eigenvalue weighted by molar-refractivity contribution is 6.31. The van der Waals surface area contributed by atoms with Crippen LogP contribution in [0.25, 0.3) is 0 Å². The fourth-order valence-corrected chi connectivity index (χ4v) is 1.69. The summed E-state index contributed by atoms with van der Waals surface area (Å²) >= 11 is 6.03. The van der Waals surface area contributed by atoms with Crippen LogP contribution in [0.15, 0.2) is 18.2 Å². The van der Waals surface area contributed by atoms with Gasteiger partial charge in [0.2, 0.25) is 0 Å². The highest BCUT2D eigenvalue weighted by Crippen LogP contribution is 2.18. The standard InChI is InChI=1S/C12H16ClNO2/c1-8-3-4-9(10(13)5-8)6-12(15)11(14)7-16-2/h3-5,11H,6-7,14H2,1-2H3. The average Bonchev–Trinajstić information content (AvgIpc) is 2.22. The Kier molecular flexibility index (Phi) is 4.93. The number of halogens is 1. The summed E-state index contributed by atoms with van der Waals surface area (Å²) in [5, 5.41) is 0.609. The van der Waals surface area contributed by atoms with Gasteiger partial charge in [0.15, 0.2) is 5.78 Å². The fourth-order valence-electron chi connectivity index (χ4n) is 1.39. The van der Waals surface area contributed by atoms with Crippen molar-refractivity contribution in [2.75, 3.05) is 13.7 Å². The quantitative estimate of drug-likeness (QED) is 0.854. The molecule has 0 aliphatic rings. The Bertz CT molecular complexity index is 379. The second-order valence-electron chi connectivity index (χ2n) is 3.80. The van der Waals surface area contributed by atoms with Crippen molar-refractivity contribution in [1.29, 1.82) is 0 Å². The van der Waals surface area contributed by atoms with Crippen LogP contribution in [-0.4, -0.2) is 25.5 Å². The molecule has 0 saturated heterocycles. The maximum absolute atomic E-state index is 11.7. The molecule has 3 nitrogen and oxygen atoms in total. The molecule has 1 aromatic carbocycles. The molecule has 1 atom stereocenters. The molecule has 1 unspecified atom stereocenters. The van der Waals surface area contributed by atoms with E-state index in [1.54, 1.807) is 0 Å². The Labute approximate surface area is 101 Å². The van der Waals surface area contributed by atoms with Crippen LogP contribution in [0, 0.1) is 6.92 Å². The number of ether oxygens (including phenoxy) is 1. The van der Waals surface area contributed by atoms with Gasteiger partial charge in [0.05, 0.1) is 12.6 Å². The molecule has 1 aromatic rings. The van der Waals surface area contributed by atoms with Gasteiger partial charge in [-0.05, 0) is 24.1 Å². The van der Waals surface area contributed by atoms with E-state index in [-0.39, 0.29) is 18.8 Å². The lowest BCUT2D eigenvalue weighted by Gasteiger charge is -2.10. The summed E-state index contributed by atoms with van der Waals surface area (Å²) in [6, 6.07) is 5.04. The minimum Gasteiger partial charge on any atom is -0.383 e. The molecule has 16 heavy (non-hydrogen) atoms. The molecule has 0 heterocycles. The third kappa shape index (κ3) is 3.59. The van der Waals surface area contributed by atoms with E-state index >= 15 is 0 Å². The van der Waals surface area contributed by atoms with E-state index in [2.05, 4.69) is 0 Å². The summed E-state index contributed by atoms with van der Waals surface area (Å²) in [5.41, 5.74) is 7.52. The third-order valence-corrected chi connectivity index (χ3v) is 2.68. The number of Topliss-reactive ketones (excluding diaryl/α,β-unsaturated/α-hetero) is 1. The lowest BCUT2D eigenvalue weighted by atomic mass is 10.0. The first-order chi connectivity index (χ1) is 7.54. The van der Waals surface area contributed by atoms with E-state index < -0.39 is 6.04 Å². The van der Waals surface area contributed by atoms with Gasteiger partial charge < -0.3 is 10.5 Å². The molecular weight excluding hydrogens is 226 g/mol. The fraction of sp³-hybridized carbons (Fsp3) is 0.417. The molecule has 0 amide bonds. The molecule has 0 aromatic heterocycles. The van der Waals surface area contributed by atoms with Gasteiger partial charge in [0.1, 0.15) is 0 Å². The normalized spacial score (nSPS) is 12.5. The van der Waals surface area contributed by atoms with Crippen LogP contribution in [0.2, 0.25) is 5.02 Å². The van der Waals surface area contributed by atoms with Crippen LogP contribution in [0.5, 0.6) is 0 Å². The van der Waals surface area contributed by atoms with E-state index in [9.17, 15) is 4.79 Å². The van der Waals surface area contributed by atoms with Crippen molar-refractivity contribution >= 4 is 17.4 Å². The van der Waals surface area contributed by atoms with Crippen LogP contribution in [0.4, 0.5) is 0 Å². The molecule has 88 valence electrons. The zero-order valence-electron chi connectivity index (χ0n) is 9.50. The molecule has 0 bridgehead atoms. The van der Waals surface area contributed by atoms with Gasteiger partial charge in [0, 0.05) is 18.6 Å². The summed E-state index contributed by atoms with van der Waals surface area (Å²) < 4.78 is 4.83. The molecule has 0 saturated carbocycles. The van der Waals surface area contributed by atoms with Crippen molar-refractivity contribution in [2.45, 2.75) is 19.4 Å². The molecule has 0 radical (unpaired) electrons. The van der Waals surface area contributed by atoms with Gasteiger partial charge >= 0.3 is 0 Å². The summed E-state index contributed by atoms with van der Waals surface area (Å²) in [6.07, 6.45) is 0.254. The topological polar surface area (TPSA) is 52.3 Å². The lowest BCUT2D eigenvalue weighted by molar-refractivity contribution is -0.120. The molecule has 0 fully saturated rings. The Hall–Kier alpha value is -0.900. The van der Waals surface area contributed by atoms with Gasteiger partial charge in [-0.2, -0.15) is 0 Å². The maximum atomic E-state index is 11.7. The van der Waals surface area contributed by atoms with Crippen LogP contribution >= 0.6 is 11.6 Å². The van der Waals surface area contributed by atoms with Crippen molar-refractivity contribution in [3.8, 4) is 0 Å². The Morgan fingerprint density at radius 3 is 2.81 bits per heavy atom. The number of benzene rings is 1. The zero-order valence-corrected chi connectivity index (χ0v) is 10.3. The number of hydrogen-bond acceptors (Lipinski definition) is 3. The summed E-state index contributed by atoms with van der Waals surface area (Å²) in [7, 11) is 1.52. The number of carbonyl (C=O) groups excluding carboxylic acids is 1. The van der Waals surface area contributed by atoms with Gasteiger partial charge in [-0.25, -0.2) is 0 Å². The van der Waals surface area contributed by atoms with E-state index in [1.807, 2.05) is 25.1 Å². The summed E-state index contributed by atoms with van der Waals surface area (Å²) in [4.78, 5) is 11.7. The molecule has 1 rings (SSSR count). The smallest absolute Gasteiger partial charge is 0.156 e. The maximum Gasteiger partial charge on any atom is 0.156 e. The van der Waals surface area contributed by atoms with Gasteiger partial charge in [-0.3, -0.25) is 4.79 Å². The van der Waals surface area contributed by atoms with E-state index in [0.29, 0.717) is 5.02 Å². The predicted octanol–water partition coefficient (Wildman–Crippen LogP) is 1.73. The molecule has 0 aliphatic carbocycles. The number of aryl methyl sites for hydroxylation is 1. The molecular formula is C12H16ClNO2. The lowest BCUT2D eigenvalue weighted by Crippen LogP contribution is -2.35. The average molecular weight is 242 g/mol. The summed E-state index contributed by atoms with van der Waals surface area (Å²) in [5.74, 6) is -0.0624. The summed E-state index contributed by atoms with van der Waals surface area (Å²) in [6.45, 7) is 2.19. The molecule has 4 heteroatoms. The number of ketones is 1. The minimum absolute atomic E-state index is 0.0624. The number of carbonyl (C=O) groups is 1. The van der Waals surface area contributed by atoms with E-state index in [4.69, 9.17) is 22.1 Å². The number of rotatable bonds is 5. The highest BCUT2D eigenvalue weighted by atomic mass is 35.5. The number of hydrogen-bond donors (Lipinski definition) is 1. The van der Waals surface area contributed by atoms with Crippen molar-refractivity contribution in [3.05, 3.63) is 34.3 Å². The van der Waals surface area contributed by atoms with Gasteiger partial charge in [-0.15, -0.1) is 0 Å². The molecule has 2 N–H and O–H groups in total. The third-order valence-electron chi connectivity index (χ3n) is 2.33. The van der Waals surface area contributed by atoms with Crippen LogP contribution in [-0.2, 0) is 16.0 Å². The second-order valence-corrected chi connectivity index (χ2v) is 4.21.